The van der Waals surface area contributed by atoms with Gasteiger partial charge < -0.3 is 15.1 Å². The summed E-state index contributed by atoms with van der Waals surface area (Å²) in [6, 6.07) is 15.7. The van der Waals surface area contributed by atoms with E-state index < -0.39 is 11.0 Å². The van der Waals surface area contributed by atoms with E-state index in [1.807, 2.05) is 24.4 Å². The van der Waals surface area contributed by atoms with Gasteiger partial charge >= 0.3 is 0 Å². The van der Waals surface area contributed by atoms with E-state index in [-0.39, 0.29) is 11.2 Å². The van der Waals surface area contributed by atoms with Gasteiger partial charge in [-0.1, -0.05) is 32.0 Å². The average Bonchev–Trinajstić information content (AvgIpc) is 3.48. The lowest BCUT2D eigenvalue weighted by Gasteiger charge is -2.40. The number of aromatic nitrogens is 1. The van der Waals surface area contributed by atoms with Crippen LogP contribution in [0.3, 0.4) is 0 Å². The molecule has 4 heterocycles. The minimum absolute atomic E-state index is 0.0960. The normalized spacial score (nSPS) is 19.5. The molecule has 3 aliphatic heterocycles. The van der Waals surface area contributed by atoms with Crippen molar-refractivity contribution in [2.24, 2.45) is 0 Å². The van der Waals surface area contributed by atoms with Crippen molar-refractivity contribution in [3.63, 3.8) is 0 Å². The Labute approximate surface area is 233 Å². The number of pyridine rings is 1. The molecule has 206 valence electrons. The third-order valence-electron chi connectivity index (χ3n) is 8.56. The fourth-order valence-corrected chi connectivity index (χ4v) is 7.50. The van der Waals surface area contributed by atoms with Gasteiger partial charge in [0.2, 0.25) is 0 Å². The van der Waals surface area contributed by atoms with Crippen molar-refractivity contribution in [1.82, 2.24) is 9.29 Å². The zero-order valence-electron chi connectivity index (χ0n) is 23.0. The van der Waals surface area contributed by atoms with Gasteiger partial charge in [-0.05, 0) is 72.6 Å². The first-order chi connectivity index (χ1) is 18.9. The lowest BCUT2D eigenvalue weighted by atomic mass is 9.77. The van der Waals surface area contributed by atoms with Crippen LogP contribution in [0.5, 0.6) is 0 Å². The van der Waals surface area contributed by atoms with Crippen LogP contribution in [-0.4, -0.2) is 52.0 Å². The summed E-state index contributed by atoms with van der Waals surface area (Å²) < 4.78 is 29.4. The van der Waals surface area contributed by atoms with Crippen LogP contribution in [0.25, 0.3) is 0 Å². The highest BCUT2D eigenvalue weighted by Crippen LogP contribution is 2.41. The first-order valence-electron chi connectivity index (χ1n) is 14.2. The van der Waals surface area contributed by atoms with Gasteiger partial charge in [0.15, 0.2) is 0 Å². The summed E-state index contributed by atoms with van der Waals surface area (Å²) in [6.07, 6.45) is 6.02. The molecule has 0 bridgehead atoms. The molecule has 6 nitrogen and oxygen atoms in total. The van der Waals surface area contributed by atoms with Crippen LogP contribution in [-0.2, 0) is 29.4 Å². The molecule has 3 aromatic rings. The number of hydrogen-bond acceptors (Lipinski definition) is 5. The Morgan fingerprint density at radius 2 is 1.85 bits per heavy atom. The number of benzene rings is 2. The van der Waals surface area contributed by atoms with E-state index in [2.05, 4.69) is 51.5 Å². The summed E-state index contributed by atoms with van der Waals surface area (Å²) in [5.41, 5.74) is 6.69. The number of nitrogens with one attached hydrogen (secondary N) is 1. The van der Waals surface area contributed by atoms with Crippen molar-refractivity contribution in [1.29, 1.82) is 0 Å². The number of para-hydroxylation sites is 1. The molecular weight excluding hydrogens is 509 g/mol. The number of fused-ring (bicyclic) bond motifs is 2. The maximum atomic E-state index is 14.4. The highest BCUT2D eigenvalue weighted by molar-refractivity contribution is 7.82. The second-order valence-corrected chi connectivity index (χ2v) is 13.1. The van der Waals surface area contributed by atoms with E-state index in [0.29, 0.717) is 18.0 Å². The van der Waals surface area contributed by atoms with E-state index in [9.17, 15) is 8.60 Å². The predicted molar refractivity (Wildman–Crippen MR) is 159 cm³/mol. The molecule has 0 saturated carbocycles. The number of anilines is 4. The Balaban J connectivity index is 1.22. The number of halogens is 1. The fourth-order valence-electron chi connectivity index (χ4n) is 6.20. The maximum absolute atomic E-state index is 14.4. The Kier molecular flexibility index (Phi) is 7.33. The topological polar surface area (TPSA) is 51.7 Å². The van der Waals surface area contributed by atoms with Crippen LogP contribution in [0.15, 0.2) is 54.7 Å². The summed E-state index contributed by atoms with van der Waals surface area (Å²) in [7, 11) is -0.911. The first kappa shape index (κ1) is 26.3. The average molecular weight is 548 g/mol. The van der Waals surface area contributed by atoms with Crippen LogP contribution >= 0.6 is 0 Å². The molecule has 1 aromatic heterocycles. The van der Waals surface area contributed by atoms with Gasteiger partial charge in [-0.2, -0.15) is 0 Å². The van der Waals surface area contributed by atoms with Crippen molar-refractivity contribution in [2.45, 2.75) is 51.5 Å². The van der Waals surface area contributed by atoms with Crippen molar-refractivity contribution >= 4 is 33.9 Å². The Morgan fingerprint density at radius 3 is 2.67 bits per heavy atom. The van der Waals surface area contributed by atoms with E-state index in [0.717, 1.165) is 69.9 Å². The Bertz CT molecular complexity index is 1370. The molecule has 39 heavy (non-hydrogen) atoms. The van der Waals surface area contributed by atoms with Crippen molar-refractivity contribution in [3.8, 4) is 0 Å². The second kappa shape index (κ2) is 10.9. The molecule has 1 fully saturated rings. The van der Waals surface area contributed by atoms with Crippen molar-refractivity contribution in [3.05, 3.63) is 77.2 Å². The van der Waals surface area contributed by atoms with E-state index in [1.54, 1.807) is 6.07 Å². The standard InChI is InChI=1S/C31H38FN5OS/c1-31(2)13-18-35(19-20-39(38)37-15-5-6-16-37)29-21-24(9-10-26(29)31)34-30-25-12-17-36(22-23(25)11-14-33-30)28-8-4-3-7-27(28)32/h3-4,7-11,14,21H,5-6,12-13,15-20,22H2,1-2H3,(H,33,34). The number of hydrogen-bond donors (Lipinski definition) is 1. The predicted octanol–water partition coefficient (Wildman–Crippen LogP) is 5.77. The van der Waals surface area contributed by atoms with Crippen LogP contribution in [0, 0.1) is 5.82 Å². The van der Waals surface area contributed by atoms with Crippen LogP contribution < -0.4 is 15.1 Å². The SMILES string of the molecule is CC1(C)CCN(CCS(=O)N2CCCC2)c2cc(Nc3nccc4c3CCN(c3ccccc3F)C4)ccc21. The highest BCUT2D eigenvalue weighted by atomic mass is 32.2. The molecular formula is C31H38FN5OS. The van der Waals surface area contributed by atoms with E-state index in [1.165, 1.54) is 28.4 Å². The lowest BCUT2D eigenvalue weighted by molar-refractivity contribution is 0.455. The van der Waals surface area contributed by atoms with Gasteiger partial charge in [0.1, 0.15) is 11.6 Å². The summed E-state index contributed by atoms with van der Waals surface area (Å²) >= 11 is 0. The van der Waals surface area contributed by atoms with Gasteiger partial charge in [0.25, 0.3) is 0 Å². The zero-order valence-corrected chi connectivity index (χ0v) is 23.8. The van der Waals surface area contributed by atoms with Gasteiger partial charge in [0.05, 0.1) is 22.4 Å². The lowest BCUT2D eigenvalue weighted by Crippen LogP contribution is -2.40. The molecule has 0 radical (unpaired) electrons. The summed E-state index contributed by atoms with van der Waals surface area (Å²) in [4.78, 5) is 9.22. The monoisotopic (exact) mass is 547 g/mol. The molecule has 1 N–H and O–H groups in total. The maximum Gasteiger partial charge on any atom is 0.146 e. The summed E-state index contributed by atoms with van der Waals surface area (Å²) in [5.74, 6) is 1.36. The molecule has 0 amide bonds. The molecule has 1 saturated heterocycles. The summed E-state index contributed by atoms with van der Waals surface area (Å²) in [5, 5.41) is 3.61. The molecule has 1 unspecified atom stereocenters. The number of rotatable bonds is 7. The van der Waals surface area contributed by atoms with Gasteiger partial charge in [-0.25, -0.2) is 17.9 Å². The van der Waals surface area contributed by atoms with E-state index >= 15 is 0 Å². The molecule has 8 heteroatoms. The van der Waals surface area contributed by atoms with Crippen LogP contribution in [0.2, 0.25) is 0 Å². The molecule has 0 aliphatic carbocycles. The third-order valence-corrected chi connectivity index (χ3v) is 10.0. The minimum atomic E-state index is -0.911. The number of nitrogens with zero attached hydrogens (tertiary/aromatic N) is 4. The van der Waals surface area contributed by atoms with E-state index in [4.69, 9.17) is 4.98 Å². The minimum Gasteiger partial charge on any atom is -0.370 e. The molecule has 6 rings (SSSR count). The van der Waals surface area contributed by atoms with Crippen molar-refractivity contribution in [2.75, 3.05) is 53.6 Å². The largest absolute Gasteiger partial charge is 0.370 e. The summed E-state index contributed by atoms with van der Waals surface area (Å²) in [6.45, 7) is 9.70. The van der Waals surface area contributed by atoms with Crippen LogP contribution in [0.1, 0.15) is 49.8 Å². The third kappa shape index (κ3) is 5.41. The Morgan fingerprint density at radius 1 is 1.03 bits per heavy atom. The smallest absolute Gasteiger partial charge is 0.146 e. The first-order valence-corrected chi connectivity index (χ1v) is 15.4. The Hall–Kier alpha value is -2.97. The molecule has 3 aliphatic rings. The zero-order chi connectivity index (χ0) is 27.0. The van der Waals surface area contributed by atoms with Gasteiger partial charge in [-0.3, -0.25) is 0 Å². The fraction of sp³-hybridized carbons (Fsp3) is 0.452. The van der Waals surface area contributed by atoms with Gasteiger partial charge in [-0.15, -0.1) is 0 Å². The molecule has 1 atom stereocenters. The quantitative estimate of drug-likeness (QED) is 0.407. The molecule has 2 aromatic carbocycles. The van der Waals surface area contributed by atoms with Gasteiger partial charge in [0, 0.05) is 62.4 Å². The van der Waals surface area contributed by atoms with Crippen molar-refractivity contribution < 1.29 is 8.60 Å². The highest BCUT2D eigenvalue weighted by Gasteiger charge is 2.32. The second-order valence-electron chi connectivity index (χ2n) is 11.6. The molecule has 0 spiro atoms. The van der Waals surface area contributed by atoms with Crippen LogP contribution in [0.4, 0.5) is 27.3 Å².